The van der Waals surface area contributed by atoms with Crippen LogP contribution in [0.25, 0.3) is 6.08 Å². The predicted molar refractivity (Wildman–Crippen MR) is 104 cm³/mol. The van der Waals surface area contributed by atoms with Crippen molar-refractivity contribution in [2.45, 2.75) is 20.8 Å². The van der Waals surface area contributed by atoms with E-state index in [0.29, 0.717) is 15.8 Å². The Morgan fingerprint density at radius 1 is 1.16 bits per heavy atom. The molecule has 2 heterocycles. The van der Waals surface area contributed by atoms with Crippen molar-refractivity contribution < 1.29 is 9.21 Å². The zero-order valence-electron chi connectivity index (χ0n) is 14.6. The average molecular weight is 355 g/mol. The van der Waals surface area contributed by atoms with Gasteiger partial charge in [0, 0.05) is 24.9 Å². The number of carbonyl (C=O) groups is 1. The van der Waals surface area contributed by atoms with Gasteiger partial charge in [-0.25, -0.2) is 4.99 Å². The van der Waals surface area contributed by atoms with E-state index < -0.39 is 0 Å². The third kappa shape index (κ3) is 4.14. The number of amides is 1. The summed E-state index contributed by atoms with van der Waals surface area (Å²) in [4.78, 5) is 19.4. The van der Waals surface area contributed by atoms with Crippen LogP contribution in [0, 0.1) is 6.92 Å². The number of carbonyl (C=O) groups excluding carboxylic acids is 1. The zero-order valence-corrected chi connectivity index (χ0v) is 15.4. The lowest BCUT2D eigenvalue weighted by molar-refractivity contribution is -0.115. The van der Waals surface area contributed by atoms with E-state index >= 15 is 0 Å². The second kappa shape index (κ2) is 7.61. The van der Waals surface area contributed by atoms with Crippen LogP contribution in [0.5, 0.6) is 0 Å². The molecule has 130 valence electrons. The summed E-state index contributed by atoms with van der Waals surface area (Å²) in [6.45, 7) is 8.08. The molecule has 0 spiro atoms. The highest BCUT2D eigenvalue weighted by atomic mass is 32.2. The van der Waals surface area contributed by atoms with Gasteiger partial charge in [0.15, 0.2) is 5.17 Å². The fourth-order valence-corrected chi connectivity index (χ4v) is 3.41. The first kappa shape index (κ1) is 17.4. The Bertz CT molecular complexity index is 817. The van der Waals surface area contributed by atoms with Crippen LogP contribution in [0.15, 0.2) is 50.7 Å². The first-order valence-electron chi connectivity index (χ1n) is 8.30. The smallest absolute Gasteiger partial charge is 0.264 e. The van der Waals surface area contributed by atoms with E-state index in [-0.39, 0.29) is 5.91 Å². The molecular weight excluding hydrogens is 334 g/mol. The van der Waals surface area contributed by atoms with Crippen LogP contribution in [-0.4, -0.2) is 24.2 Å². The molecule has 6 heteroatoms. The molecule has 2 aromatic rings. The lowest BCUT2D eigenvalue weighted by Crippen LogP contribution is -2.21. The summed E-state index contributed by atoms with van der Waals surface area (Å²) in [7, 11) is 0. The number of anilines is 1. The number of nitrogens with zero attached hydrogens (tertiary/aromatic N) is 2. The zero-order chi connectivity index (χ0) is 17.8. The van der Waals surface area contributed by atoms with Crippen molar-refractivity contribution in [3.05, 3.63) is 52.8 Å². The maximum atomic E-state index is 12.1. The maximum absolute atomic E-state index is 12.1. The number of nitrogens with one attached hydrogen (secondary N) is 1. The quantitative estimate of drug-likeness (QED) is 0.811. The van der Waals surface area contributed by atoms with Gasteiger partial charge in [-0.1, -0.05) is 0 Å². The molecule has 1 aliphatic rings. The van der Waals surface area contributed by atoms with Gasteiger partial charge in [-0.2, -0.15) is 0 Å². The molecule has 0 bridgehead atoms. The number of aryl methyl sites for hydroxylation is 1. The highest BCUT2D eigenvalue weighted by Crippen LogP contribution is 2.29. The van der Waals surface area contributed by atoms with Gasteiger partial charge in [0.05, 0.1) is 10.6 Å². The van der Waals surface area contributed by atoms with Crippen LogP contribution in [0.2, 0.25) is 0 Å². The summed E-state index contributed by atoms with van der Waals surface area (Å²) in [5.41, 5.74) is 1.99. The van der Waals surface area contributed by atoms with Gasteiger partial charge in [-0.15, -0.1) is 0 Å². The minimum atomic E-state index is -0.155. The van der Waals surface area contributed by atoms with Gasteiger partial charge >= 0.3 is 0 Å². The highest BCUT2D eigenvalue weighted by Gasteiger charge is 2.24. The van der Waals surface area contributed by atoms with Crippen molar-refractivity contribution in [2.75, 3.05) is 18.0 Å². The average Bonchev–Trinajstić information content (AvgIpc) is 3.16. The largest absolute Gasteiger partial charge is 0.462 e. The number of amidine groups is 1. The number of benzene rings is 1. The van der Waals surface area contributed by atoms with E-state index in [1.807, 2.05) is 31.2 Å². The highest BCUT2D eigenvalue weighted by molar-refractivity contribution is 8.18. The normalized spacial score (nSPS) is 17.3. The third-order valence-electron chi connectivity index (χ3n) is 3.89. The summed E-state index contributed by atoms with van der Waals surface area (Å²) >= 11 is 1.32. The second-order valence-corrected chi connectivity index (χ2v) is 6.65. The Labute approximate surface area is 151 Å². The molecule has 0 atom stereocenters. The standard InChI is InChI=1S/C19H21N3O2S/c1-4-22(5-2)15-9-7-14(8-10-15)20-19-21-18(23)17(25-19)12-16-11-6-13(3)24-16/h6-12H,4-5H2,1-3H3,(H,20,21,23). The number of furan rings is 1. The first-order chi connectivity index (χ1) is 12.1. The number of aliphatic imine (C=N–C) groups is 1. The molecule has 0 radical (unpaired) electrons. The van der Waals surface area contributed by atoms with Gasteiger partial charge in [0.25, 0.3) is 5.91 Å². The molecule has 1 aliphatic heterocycles. The van der Waals surface area contributed by atoms with Crippen molar-refractivity contribution >= 4 is 40.3 Å². The van der Waals surface area contributed by atoms with E-state index in [2.05, 4.69) is 41.2 Å². The number of hydrogen-bond acceptors (Lipinski definition) is 5. The maximum Gasteiger partial charge on any atom is 0.264 e. The molecule has 1 N–H and O–H groups in total. The van der Waals surface area contributed by atoms with Crippen LogP contribution in [0.3, 0.4) is 0 Å². The Kier molecular flexibility index (Phi) is 5.28. The van der Waals surface area contributed by atoms with Gasteiger partial charge in [0.2, 0.25) is 0 Å². The van der Waals surface area contributed by atoms with Gasteiger partial charge < -0.3 is 14.6 Å². The van der Waals surface area contributed by atoms with Crippen LogP contribution < -0.4 is 10.2 Å². The topological polar surface area (TPSA) is 57.8 Å². The Morgan fingerprint density at radius 3 is 2.48 bits per heavy atom. The number of rotatable bonds is 5. The van der Waals surface area contributed by atoms with E-state index in [9.17, 15) is 4.79 Å². The van der Waals surface area contributed by atoms with Crippen molar-refractivity contribution in [1.82, 2.24) is 5.32 Å². The molecule has 1 aromatic heterocycles. The van der Waals surface area contributed by atoms with Crippen molar-refractivity contribution in [1.29, 1.82) is 0 Å². The summed E-state index contributed by atoms with van der Waals surface area (Å²) < 4.78 is 5.49. The molecule has 0 saturated carbocycles. The van der Waals surface area contributed by atoms with E-state index in [1.54, 1.807) is 6.08 Å². The summed E-state index contributed by atoms with van der Waals surface area (Å²) in [6.07, 6.45) is 1.74. The molecule has 1 amide bonds. The summed E-state index contributed by atoms with van der Waals surface area (Å²) in [5.74, 6) is 1.33. The minimum Gasteiger partial charge on any atom is -0.462 e. The molecule has 0 unspecified atom stereocenters. The van der Waals surface area contributed by atoms with Crippen molar-refractivity contribution in [3.63, 3.8) is 0 Å². The molecule has 1 aromatic carbocycles. The van der Waals surface area contributed by atoms with Crippen LogP contribution in [0.1, 0.15) is 25.4 Å². The van der Waals surface area contributed by atoms with Crippen LogP contribution in [-0.2, 0) is 4.79 Å². The fraction of sp³-hybridized carbons (Fsp3) is 0.263. The Morgan fingerprint density at radius 2 is 1.88 bits per heavy atom. The van der Waals surface area contributed by atoms with Crippen molar-refractivity contribution in [2.24, 2.45) is 4.99 Å². The fourth-order valence-electron chi connectivity index (χ4n) is 2.58. The second-order valence-electron chi connectivity index (χ2n) is 5.62. The van der Waals surface area contributed by atoms with Crippen LogP contribution >= 0.6 is 11.8 Å². The molecule has 25 heavy (non-hydrogen) atoms. The van der Waals surface area contributed by atoms with Gasteiger partial charge in [0.1, 0.15) is 11.5 Å². The monoisotopic (exact) mass is 355 g/mol. The van der Waals surface area contributed by atoms with Gasteiger partial charge in [-0.3, -0.25) is 4.79 Å². The van der Waals surface area contributed by atoms with E-state index in [0.717, 1.165) is 24.5 Å². The lowest BCUT2D eigenvalue weighted by Gasteiger charge is -2.20. The van der Waals surface area contributed by atoms with E-state index in [4.69, 9.17) is 4.42 Å². The van der Waals surface area contributed by atoms with Crippen molar-refractivity contribution in [3.8, 4) is 0 Å². The minimum absolute atomic E-state index is 0.155. The first-order valence-corrected chi connectivity index (χ1v) is 9.11. The lowest BCUT2D eigenvalue weighted by atomic mass is 10.2. The molecule has 5 nitrogen and oxygen atoms in total. The Hall–Kier alpha value is -2.47. The van der Waals surface area contributed by atoms with Gasteiger partial charge in [-0.05, 0) is 68.9 Å². The summed E-state index contributed by atoms with van der Waals surface area (Å²) in [6, 6.07) is 11.7. The molecular formula is C19H21N3O2S. The molecule has 1 saturated heterocycles. The molecule has 1 fully saturated rings. The molecule has 0 aliphatic carbocycles. The van der Waals surface area contributed by atoms with Crippen LogP contribution in [0.4, 0.5) is 11.4 Å². The number of thioether (sulfide) groups is 1. The van der Waals surface area contributed by atoms with E-state index in [1.165, 1.54) is 17.4 Å². The molecule has 3 rings (SSSR count). The number of hydrogen-bond donors (Lipinski definition) is 1. The predicted octanol–water partition coefficient (Wildman–Crippen LogP) is 4.33. The summed E-state index contributed by atoms with van der Waals surface area (Å²) in [5, 5.41) is 3.37. The SMILES string of the molecule is CCN(CC)c1ccc(N=C2NC(=O)C(=Cc3ccc(C)o3)S2)cc1. The Balaban J connectivity index is 1.74. The third-order valence-corrected chi connectivity index (χ3v) is 4.80.